The van der Waals surface area contributed by atoms with Gasteiger partial charge in [-0.05, 0) is 58.2 Å². The Morgan fingerprint density at radius 3 is 2.32 bits per heavy atom. The van der Waals surface area contributed by atoms with Crippen molar-refractivity contribution < 1.29 is 23.9 Å². The molecule has 37 heavy (non-hydrogen) atoms. The van der Waals surface area contributed by atoms with Gasteiger partial charge < -0.3 is 21.1 Å². The molecule has 0 aromatic heterocycles. The van der Waals surface area contributed by atoms with Gasteiger partial charge in [0.2, 0.25) is 5.91 Å². The zero-order valence-corrected chi connectivity index (χ0v) is 21.8. The number of nitrogens with one attached hydrogen (secondary N) is 2. The van der Waals surface area contributed by atoms with Gasteiger partial charge in [0, 0.05) is 18.2 Å². The van der Waals surface area contributed by atoms with Crippen LogP contribution in [0.25, 0.3) is 0 Å². The zero-order valence-electron chi connectivity index (χ0n) is 21.8. The van der Waals surface area contributed by atoms with E-state index in [-0.39, 0.29) is 12.8 Å². The predicted octanol–water partition coefficient (Wildman–Crippen LogP) is 3.56. The molecule has 0 aliphatic heterocycles. The number of carbonyl (C=O) groups excluding carboxylic acids is 4. The lowest BCUT2D eigenvalue weighted by Crippen LogP contribution is -2.51. The number of terminal acetylenes is 1. The Hall–Kier alpha value is -4.32. The number of hydrogen-bond acceptors (Lipinski definition) is 5. The highest BCUT2D eigenvalue weighted by atomic mass is 16.6. The molecule has 2 atom stereocenters. The molecule has 0 bridgehead atoms. The summed E-state index contributed by atoms with van der Waals surface area (Å²) in [5.74, 6) is -1.97. The van der Waals surface area contributed by atoms with E-state index in [9.17, 15) is 19.2 Å². The van der Waals surface area contributed by atoms with Crippen LogP contribution in [0.15, 0.2) is 48.5 Å². The molecule has 196 valence electrons. The quantitative estimate of drug-likeness (QED) is 0.354. The fraction of sp³-hybridized carbons (Fsp3) is 0.357. The van der Waals surface area contributed by atoms with Crippen LogP contribution in [-0.4, -0.2) is 40.4 Å². The molecule has 0 fully saturated rings. The molecule has 2 unspecified atom stereocenters. The first-order valence-electron chi connectivity index (χ1n) is 11.8. The lowest BCUT2D eigenvalue weighted by atomic mass is 10.00. The van der Waals surface area contributed by atoms with Crippen LogP contribution in [0.2, 0.25) is 0 Å². The standard InChI is InChI=1S/C28H34N4O5/c1-7-32(26(35)22(15-16-23(29)33)31-27(36)37-28(4,5)6)24(20-13-10-11-18(2)17-20)25(34)30-21-14-9-8-12-19(21)3/h1,8-14,17,22,24H,15-16H2,2-6H3,(H2,29,33)(H,30,34)(H,31,36). The Kier molecular flexibility index (Phi) is 9.83. The third kappa shape index (κ3) is 8.69. The van der Waals surface area contributed by atoms with Crippen molar-refractivity contribution in [3.8, 4) is 12.5 Å². The lowest BCUT2D eigenvalue weighted by molar-refractivity contribution is -0.137. The number of alkyl carbamates (subject to hydrolysis) is 1. The Balaban J connectivity index is 2.47. The van der Waals surface area contributed by atoms with E-state index in [0.717, 1.165) is 16.0 Å². The highest BCUT2D eigenvalue weighted by Gasteiger charge is 2.36. The number of benzene rings is 2. The number of primary amides is 1. The summed E-state index contributed by atoms with van der Waals surface area (Å²) in [5, 5.41) is 5.32. The number of amides is 4. The first kappa shape index (κ1) is 28.9. The molecule has 9 heteroatoms. The number of carbonyl (C=O) groups is 4. The van der Waals surface area contributed by atoms with Crippen LogP contribution < -0.4 is 16.4 Å². The molecule has 4 N–H and O–H groups in total. The molecule has 2 aromatic rings. The largest absolute Gasteiger partial charge is 0.444 e. The summed E-state index contributed by atoms with van der Waals surface area (Å²) in [4.78, 5) is 52.1. The molecule has 4 amide bonds. The molecule has 0 radical (unpaired) electrons. The summed E-state index contributed by atoms with van der Waals surface area (Å²) in [5.41, 5.74) is 7.17. The van der Waals surface area contributed by atoms with E-state index in [1.165, 1.54) is 0 Å². The summed E-state index contributed by atoms with van der Waals surface area (Å²) in [7, 11) is 0. The van der Waals surface area contributed by atoms with E-state index < -0.39 is 41.5 Å². The van der Waals surface area contributed by atoms with Crippen molar-refractivity contribution in [1.29, 1.82) is 0 Å². The van der Waals surface area contributed by atoms with Crippen LogP contribution in [0.3, 0.4) is 0 Å². The Morgan fingerprint density at radius 1 is 1.08 bits per heavy atom. The minimum atomic E-state index is -1.27. The molecule has 0 spiro atoms. The monoisotopic (exact) mass is 506 g/mol. The summed E-state index contributed by atoms with van der Waals surface area (Å²) in [6.45, 7) is 8.70. The number of nitrogens with zero attached hydrogens (tertiary/aromatic N) is 1. The van der Waals surface area contributed by atoms with Gasteiger partial charge >= 0.3 is 6.09 Å². The predicted molar refractivity (Wildman–Crippen MR) is 141 cm³/mol. The Morgan fingerprint density at radius 2 is 1.76 bits per heavy atom. The molecule has 0 aliphatic rings. The number of ether oxygens (including phenoxy) is 1. The van der Waals surface area contributed by atoms with Gasteiger partial charge in [0.15, 0.2) is 0 Å². The van der Waals surface area contributed by atoms with E-state index >= 15 is 0 Å². The van der Waals surface area contributed by atoms with Gasteiger partial charge in [-0.1, -0.05) is 54.5 Å². The van der Waals surface area contributed by atoms with E-state index in [4.69, 9.17) is 16.9 Å². The molecular formula is C28H34N4O5. The van der Waals surface area contributed by atoms with Crippen molar-refractivity contribution in [3.63, 3.8) is 0 Å². The van der Waals surface area contributed by atoms with Crippen LogP contribution >= 0.6 is 0 Å². The van der Waals surface area contributed by atoms with E-state index in [1.807, 2.05) is 32.0 Å². The highest BCUT2D eigenvalue weighted by molar-refractivity contribution is 6.00. The van der Waals surface area contributed by atoms with Gasteiger partial charge in [-0.15, -0.1) is 0 Å². The van der Waals surface area contributed by atoms with Gasteiger partial charge in [-0.3, -0.25) is 19.3 Å². The van der Waals surface area contributed by atoms with Crippen molar-refractivity contribution >= 4 is 29.5 Å². The van der Waals surface area contributed by atoms with Crippen molar-refractivity contribution in [3.05, 3.63) is 65.2 Å². The number of anilines is 1. The normalized spacial score (nSPS) is 12.4. The molecule has 0 saturated heterocycles. The second kappa shape index (κ2) is 12.6. The Bertz CT molecular complexity index is 1200. The van der Waals surface area contributed by atoms with E-state index in [0.29, 0.717) is 11.3 Å². The Labute approximate surface area is 217 Å². The smallest absolute Gasteiger partial charge is 0.408 e. The van der Waals surface area contributed by atoms with Gasteiger partial charge in [0.05, 0.1) is 0 Å². The minimum absolute atomic E-state index is 0.133. The van der Waals surface area contributed by atoms with Crippen molar-refractivity contribution in [2.45, 2.75) is 65.1 Å². The van der Waals surface area contributed by atoms with E-state index in [1.54, 1.807) is 51.1 Å². The SMILES string of the molecule is C#CN(C(=O)C(CCC(N)=O)NC(=O)OC(C)(C)C)C(C(=O)Nc1ccccc1C)c1cccc(C)c1. The number of hydrogen-bond donors (Lipinski definition) is 3. The first-order chi connectivity index (χ1) is 17.3. The number of rotatable bonds is 9. The summed E-state index contributed by atoms with van der Waals surface area (Å²) in [6, 6.07) is 14.0. The maximum atomic E-state index is 13.7. The number of para-hydroxylation sites is 1. The summed E-state index contributed by atoms with van der Waals surface area (Å²) in [6.07, 6.45) is 4.57. The van der Waals surface area contributed by atoms with Gasteiger partial charge in [0.25, 0.3) is 11.8 Å². The van der Waals surface area contributed by atoms with E-state index in [2.05, 4.69) is 16.7 Å². The zero-order chi connectivity index (χ0) is 27.8. The average molecular weight is 507 g/mol. The second-order valence-electron chi connectivity index (χ2n) is 9.66. The molecule has 2 rings (SSSR count). The van der Waals surface area contributed by atoms with Crippen LogP contribution in [0.4, 0.5) is 10.5 Å². The van der Waals surface area contributed by atoms with Gasteiger partial charge in [-0.25, -0.2) is 4.79 Å². The van der Waals surface area contributed by atoms with Crippen LogP contribution in [0.1, 0.15) is 56.3 Å². The van der Waals surface area contributed by atoms with Crippen molar-refractivity contribution in [2.24, 2.45) is 5.73 Å². The average Bonchev–Trinajstić information content (AvgIpc) is 2.79. The van der Waals surface area contributed by atoms with Crippen LogP contribution in [0.5, 0.6) is 0 Å². The molecule has 9 nitrogen and oxygen atoms in total. The number of nitrogens with two attached hydrogens (primary N) is 1. The molecular weight excluding hydrogens is 472 g/mol. The molecule has 0 heterocycles. The van der Waals surface area contributed by atoms with Gasteiger partial charge in [-0.2, -0.15) is 0 Å². The van der Waals surface area contributed by atoms with Crippen molar-refractivity contribution in [1.82, 2.24) is 10.2 Å². The maximum absolute atomic E-state index is 13.7. The topological polar surface area (TPSA) is 131 Å². The molecule has 0 saturated carbocycles. The van der Waals surface area contributed by atoms with Crippen LogP contribution in [-0.2, 0) is 19.1 Å². The minimum Gasteiger partial charge on any atom is -0.444 e. The molecule has 2 aromatic carbocycles. The maximum Gasteiger partial charge on any atom is 0.408 e. The lowest BCUT2D eigenvalue weighted by Gasteiger charge is -2.30. The fourth-order valence-corrected chi connectivity index (χ4v) is 3.60. The second-order valence-corrected chi connectivity index (χ2v) is 9.66. The van der Waals surface area contributed by atoms with Crippen molar-refractivity contribution in [2.75, 3.05) is 5.32 Å². The van der Waals surface area contributed by atoms with Gasteiger partial charge in [0.1, 0.15) is 17.7 Å². The van der Waals surface area contributed by atoms with Crippen LogP contribution in [0, 0.1) is 26.3 Å². The summed E-state index contributed by atoms with van der Waals surface area (Å²) >= 11 is 0. The summed E-state index contributed by atoms with van der Waals surface area (Å²) < 4.78 is 5.27. The fourth-order valence-electron chi connectivity index (χ4n) is 3.60. The molecule has 0 aliphatic carbocycles. The first-order valence-corrected chi connectivity index (χ1v) is 11.8. The highest BCUT2D eigenvalue weighted by Crippen LogP contribution is 2.26. The third-order valence-electron chi connectivity index (χ3n) is 5.31. The third-order valence-corrected chi connectivity index (χ3v) is 5.31. The number of aryl methyl sites for hydroxylation is 2.